The number of hydrogen-bond donors (Lipinski definition) is 6. The molecule has 2 atom stereocenters. The van der Waals surface area contributed by atoms with E-state index in [-0.39, 0.29) is 0 Å². The minimum Gasteiger partial charge on any atom is -0.481 e. The van der Waals surface area contributed by atoms with Gasteiger partial charge >= 0.3 is 17.9 Å². The lowest BCUT2D eigenvalue weighted by atomic mass is 10.1. The molecule has 9 nitrogen and oxygen atoms in total. The minimum atomic E-state index is -1.79. The highest BCUT2D eigenvalue weighted by atomic mass is 16.4. The van der Waals surface area contributed by atoms with Crippen molar-refractivity contribution >= 4 is 17.9 Å². The molecule has 0 aromatic rings. The highest BCUT2D eigenvalue weighted by Crippen LogP contribution is 1.97. The second-order valence-electron chi connectivity index (χ2n) is 3.68. The zero-order valence-corrected chi connectivity index (χ0v) is 10.4. The first-order chi connectivity index (χ1) is 8.72. The molecule has 19 heavy (non-hydrogen) atoms. The van der Waals surface area contributed by atoms with Gasteiger partial charge in [-0.2, -0.15) is 0 Å². The third-order valence-electron chi connectivity index (χ3n) is 1.94. The van der Waals surface area contributed by atoms with Crippen LogP contribution in [0.5, 0.6) is 0 Å². The van der Waals surface area contributed by atoms with Gasteiger partial charge in [0.15, 0.2) is 6.10 Å². The molecule has 0 aromatic heterocycles. The van der Waals surface area contributed by atoms with E-state index in [0.29, 0.717) is 13.0 Å². The van der Waals surface area contributed by atoms with Crippen LogP contribution in [-0.4, -0.2) is 57.0 Å². The quantitative estimate of drug-likeness (QED) is 0.286. The summed E-state index contributed by atoms with van der Waals surface area (Å²) >= 11 is 0. The van der Waals surface area contributed by atoms with Crippen LogP contribution in [0.15, 0.2) is 0 Å². The molecule has 0 amide bonds. The average molecular weight is 280 g/mol. The summed E-state index contributed by atoms with van der Waals surface area (Å²) in [6.07, 6.45) is -0.380. The van der Waals surface area contributed by atoms with Crippen LogP contribution in [-0.2, 0) is 14.4 Å². The van der Waals surface area contributed by atoms with Gasteiger partial charge in [0.2, 0.25) is 0 Å². The molecular formula is C10H20N2O7. The van der Waals surface area contributed by atoms with Crippen LogP contribution < -0.4 is 11.5 Å². The lowest BCUT2D eigenvalue weighted by Crippen LogP contribution is -2.29. The van der Waals surface area contributed by atoms with Crippen molar-refractivity contribution < 1.29 is 34.8 Å². The first-order valence-electron chi connectivity index (χ1n) is 5.53. The molecule has 2 unspecified atom stereocenters. The van der Waals surface area contributed by atoms with Gasteiger partial charge in [-0.1, -0.05) is 6.42 Å². The largest absolute Gasteiger partial charge is 0.481 e. The number of rotatable bonds is 8. The van der Waals surface area contributed by atoms with Crippen molar-refractivity contribution in [2.24, 2.45) is 11.5 Å². The summed E-state index contributed by atoms with van der Waals surface area (Å²) in [5.41, 5.74) is 10.4. The molecule has 9 heteroatoms. The van der Waals surface area contributed by atoms with Crippen LogP contribution in [0.2, 0.25) is 0 Å². The Morgan fingerprint density at radius 1 is 1.00 bits per heavy atom. The molecule has 0 aliphatic rings. The Labute approximate surface area is 109 Å². The number of hydrogen-bond acceptors (Lipinski definition) is 6. The van der Waals surface area contributed by atoms with Crippen LogP contribution in [0.3, 0.4) is 0 Å². The van der Waals surface area contributed by atoms with Gasteiger partial charge in [0.05, 0.1) is 6.42 Å². The van der Waals surface area contributed by atoms with E-state index in [1.165, 1.54) is 0 Å². The number of aliphatic hydroxyl groups excluding tert-OH is 1. The Balaban J connectivity index is 0. The topological polar surface area (TPSA) is 184 Å². The van der Waals surface area contributed by atoms with Crippen LogP contribution in [0, 0.1) is 0 Å². The van der Waals surface area contributed by atoms with Crippen molar-refractivity contribution in [3.8, 4) is 0 Å². The van der Waals surface area contributed by atoms with Crippen molar-refractivity contribution in [2.75, 3.05) is 6.54 Å². The Morgan fingerprint density at radius 2 is 1.53 bits per heavy atom. The first-order valence-corrected chi connectivity index (χ1v) is 5.53. The van der Waals surface area contributed by atoms with Crippen LogP contribution in [0.1, 0.15) is 25.7 Å². The SMILES string of the molecule is NCCCCC(N)C(=O)O.O=C(O)CC(O)C(=O)O. The maximum atomic E-state index is 10.1. The highest BCUT2D eigenvalue weighted by Gasteiger charge is 2.16. The third kappa shape index (κ3) is 14.2. The molecule has 0 saturated heterocycles. The zero-order valence-electron chi connectivity index (χ0n) is 10.4. The van der Waals surface area contributed by atoms with E-state index in [9.17, 15) is 14.4 Å². The number of nitrogens with two attached hydrogens (primary N) is 2. The second-order valence-corrected chi connectivity index (χ2v) is 3.68. The van der Waals surface area contributed by atoms with Crippen molar-refractivity contribution in [3.05, 3.63) is 0 Å². The smallest absolute Gasteiger partial charge is 0.333 e. The van der Waals surface area contributed by atoms with Gasteiger partial charge in [-0.05, 0) is 19.4 Å². The molecule has 0 rings (SSSR count). The van der Waals surface area contributed by atoms with Gasteiger partial charge < -0.3 is 31.9 Å². The molecule has 0 aliphatic carbocycles. The van der Waals surface area contributed by atoms with Gasteiger partial charge in [-0.3, -0.25) is 9.59 Å². The Hall–Kier alpha value is -1.71. The average Bonchev–Trinajstić information content (AvgIpc) is 2.28. The van der Waals surface area contributed by atoms with Gasteiger partial charge in [-0.25, -0.2) is 4.79 Å². The number of aliphatic carboxylic acids is 3. The molecule has 0 heterocycles. The molecule has 0 bridgehead atoms. The molecule has 0 aromatic carbocycles. The Bertz CT molecular complexity index is 296. The Morgan fingerprint density at radius 3 is 1.79 bits per heavy atom. The standard InChI is InChI=1S/C6H14N2O2.C4H6O5/c7-4-2-1-3-5(8)6(9)10;5-2(4(8)9)1-3(6)7/h5H,1-4,7-8H2,(H,9,10);2,5H,1H2,(H,6,7)(H,8,9). The van der Waals surface area contributed by atoms with Crippen molar-refractivity contribution in [1.82, 2.24) is 0 Å². The number of unbranched alkanes of at least 4 members (excludes halogenated alkanes) is 1. The molecule has 8 N–H and O–H groups in total. The fraction of sp³-hybridized carbons (Fsp3) is 0.700. The molecule has 0 fully saturated rings. The summed E-state index contributed by atoms with van der Waals surface area (Å²) in [6, 6.07) is -0.716. The first kappa shape index (κ1) is 19.6. The van der Waals surface area contributed by atoms with E-state index < -0.39 is 36.5 Å². The predicted octanol–water partition coefficient (Wildman–Crippen LogP) is -1.57. The zero-order chi connectivity index (χ0) is 15.4. The van der Waals surface area contributed by atoms with E-state index >= 15 is 0 Å². The van der Waals surface area contributed by atoms with Crippen LogP contribution in [0.25, 0.3) is 0 Å². The van der Waals surface area contributed by atoms with Gasteiger partial charge in [0.1, 0.15) is 6.04 Å². The fourth-order valence-corrected chi connectivity index (χ4v) is 0.885. The third-order valence-corrected chi connectivity index (χ3v) is 1.94. The summed E-state index contributed by atoms with van der Waals surface area (Å²) < 4.78 is 0. The summed E-state index contributed by atoms with van der Waals surface area (Å²) in [4.78, 5) is 29.5. The Kier molecular flexibility index (Phi) is 11.8. The molecular weight excluding hydrogens is 260 g/mol. The molecule has 0 aliphatic heterocycles. The summed E-state index contributed by atoms with van der Waals surface area (Å²) in [5.74, 6) is -3.78. The van der Waals surface area contributed by atoms with E-state index in [2.05, 4.69) is 0 Å². The van der Waals surface area contributed by atoms with Crippen molar-refractivity contribution in [3.63, 3.8) is 0 Å². The van der Waals surface area contributed by atoms with E-state index in [4.69, 9.17) is 31.9 Å². The van der Waals surface area contributed by atoms with Crippen molar-refractivity contribution in [2.45, 2.75) is 37.8 Å². The summed E-state index contributed by atoms with van der Waals surface area (Å²) in [5, 5.41) is 32.5. The minimum absolute atomic E-state index is 0.520. The lowest BCUT2D eigenvalue weighted by Gasteiger charge is -2.03. The van der Waals surface area contributed by atoms with Crippen molar-refractivity contribution in [1.29, 1.82) is 0 Å². The maximum Gasteiger partial charge on any atom is 0.333 e. The lowest BCUT2D eigenvalue weighted by molar-refractivity contribution is -0.152. The van der Waals surface area contributed by atoms with Crippen LogP contribution in [0.4, 0.5) is 0 Å². The number of carbonyl (C=O) groups is 3. The van der Waals surface area contributed by atoms with Gasteiger partial charge in [0.25, 0.3) is 0 Å². The van der Waals surface area contributed by atoms with E-state index in [1.54, 1.807) is 0 Å². The highest BCUT2D eigenvalue weighted by molar-refractivity contribution is 5.79. The van der Waals surface area contributed by atoms with E-state index in [1.807, 2.05) is 0 Å². The van der Waals surface area contributed by atoms with Gasteiger partial charge in [0, 0.05) is 0 Å². The predicted molar refractivity (Wildman–Crippen MR) is 64.4 cm³/mol. The molecule has 112 valence electrons. The normalized spacial score (nSPS) is 12.8. The van der Waals surface area contributed by atoms with E-state index in [0.717, 1.165) is 12.8 Å². The second kappa shape index (κ2) is 11.4. The van der Waals surface area contributed by atoms with Crippen LogP contribution >= 0.6 is 0 Å². The maximum absolute atomic E-state index is 10.1. The molecule has 0 radical (unpaired) electrons. The number of carboxylic acid groups (broad SMARTS) is 3. The number of aliphatic hydroxyl groups is 1. The monoisotopic (exact) mass is 280 g/mol. The molecule has 0 saturated carbocycles. The summed E-state index contributed by atoms with van der Waals surface area (Å²) in [7, 11) is 0. The molecule has 0 spiro atoms. The number of carboxylic acids is 3. The summed E-state index contributed by atoms with van der Waals surface area (Å²) in [6.45, 7) is 0.604. The fourth-order valence-electron chi connectivity index (χ4n) is 0.885. The van der Waals surface area contributed by atoms with Gasteiger partial charge in [-0.15, -0.1) is 0 Å².